The van der Waals surface area contributed by atoms with E-state index in [0.717, 1.165) is 12.8 Å². The molecule has 1 aliphatic heterocycles. The van der Waals surface area contributed by atoms with Crippen molar-refractivity contribution in [1.82, 2.24) is 4.90 Å². The van der Waals surface area contributed by atoms with Gasteiger partial charge in [-0.15, -0.1) is 0 Å². The first-order valence-corrected chi connectivity index (χ1v) is 6.09. The third-order valence-corrected chi connectivity index (χ3v) is 3.31. The molecule has 2 heterocycles. The molecule has 0 aliphatic carbocycles. The third kappa shape index (κ3) is 2.25. The number of carboxylic acid groups (broad SMARTS) is 1. The highest BCUT2D eigenvalue weighted by Crippen LogP contribution is 2.22. The highest BCUT2D eigenvalue weighted by molar-refractivity contribution is 5.97. The summed E-state index contributed by atoms with van der Waals surface area (Å²) in [6.45, 7) is 3.93. The standard InChI is InChI=1S/C13H17NO4/c1-8-7-10(9(2)18-8)12(15)14-6-4-3-5-11(14)13(16)17/h7,11H,3-6H2,1-2H3,(H,16,17)/p-1/t11-/m1/s1. The lowest BCUT2D eigenvalue weighted by Gasteiger charge is -2.36. The Kier molecular flexibility index (Phi) is 3.41. The molecule has 1 fully saturated rings. The van der Waals surface area contributed by atoms with E-state index in [0.29, 0.717) is 30.0 Å². The Bertz CT molecular complexity index is 477. The maximum Gasteiger partial charge on any atom is 0.257 e. The molecule has 5 heteroatoms. The fourth-order valence-electron chi connectivity index (χ4n) is 2.42. The molecule has 0 radical (unpaired) electrons. The fourth-order valence-corrected chi connectivity index (χ4v) is 2.42. The van der Waals surface area contributed by atoms with Crippen molar-refractivity contribution in [2.24, 2.45) is 0 Å². The Hall–Kier alpha value is -1.78. The molecule has 0 saturated carbocycles. The summed E-state index contributed by atoms with van der Waals surface area (Å²) >= 11 is 0. The second-order valence-electron chi connectivity index (χ2n) is 4.66. The van der Waals surface area contributed by atoms with E-state index in [-0.39, 0.29) is 5.91 Å². The van der Waals surface area contributed by atoms with Crippen molar-refractivity contribution >= 4 is 11.9 Å². The number of carboxylic acids is 1. The molecule has 0 aromatic carbocycles. The summed E-state index contributed by atoms with van der Waals surface area (Å²) in [7, 11) is 0. The second kappa shape index (κ2) is 4.84. The fraction of sp³-hybridized carbons (Fsp3) is 0.538. The van der Waals surface area contributed by atoms with E-state index in [9.17, 15) is 14.7 Å². The number of amides is 1. The van der Waals surface area contributed by atoms with Crippen molar-refractivity contribution in [3.63, 3.8) is 0 Å². The maximum absolute atomic E-state index is 12.3. The van der Waals surface area contributed by atoms with E-state index in [1.807, 2.05) is 0 Å². The highest BCUT2D eigenvalue weighted by atomic mass is 16.4. The zero-order valence-corrected chi connectivity index (χ0v) is 10.6. The topological polar surface area (TPSA) is 73.6 Å². The SMILES string of the molecule is Cc1cc(C(=O)N2CCCC[C@@H]2C(=O)[O-])c(C)o1. The van der Waals surface area contributed by atoms with Crippen LogP contribution in [0.1, 0.15) is 41.1 Å². The van der Waals surface area contributed by atoms with Gasteiger partial charge in [0.05, 0.1) is 17.6 Å². The van der Waals surface area contributed by atoms with Gasteiger partial charge in [0.2, 0.25) is 0 Å². The summed E-state index contributed by atoms with van der Waals surface area (Å²) in [6, 6.07) is 0.833. The predicted octanol–water partition coefficient (Wildman–Crippen LogP) is 0.641. The van der Waals surface area contributed by atoms with Gasteiger partial charge < -0.3 is 19.2 Å². The number of carbonyl (C=O) groups is 2. The van der Waals surface area contributed by atoms with Gasteiger partial charge in [-0.1, -0.05) is 0 Å². The summed E-state index contributed by atoms with van der Waals surface area (Å²) in [5.41, 5.74) is 0.445. The second-order valence-corrected chi connectivity index (χ2v) is 4.66. The van der Waals surface area contributed by atoms with Crippen LogP contribution in [-0.4, -0.2) is 29.4 Å². The zero-order chi connectivity index (χ0) is 13.3. The molecule has 1 aromatic rings. The molecule has 98 valence electrons. The number of aliphatic carboxylic acids is 1. The van der Waals surface area contributed by atoms with Crippen molar-refractivity contribution in [3.8, 4) is 0 Å². The molecule has 0 spiro atoms. The number of furan rings is 1. The molecule has 0 N–H and O–H groups in total. The van der Waals surface area contributed by atoms with Gasteiger partial charge in [0.15, 0.2) is 0 Å². The summed E-state index contributed by atoms with van der Waals surface area (Å²) in [4.78, 5) is 24.8. The van der Waals surface area contributed by atoms with Crippen molar-refractivity contribution in [2.75, 3.05) is 6.54 Å². The summed E-state index contributed by atoms with van der Waals surface area (Å²) in [6.07, 6.45) is 2.10. The van der Waals surface area contributed by atoms with Gasteiger partial charge in [0.25, 0.3) is 5.91 Å². The van der Waals surface area contributed by atoms with Crippen LogP contribution in [0.3, 0.4) is 0 Å². The van der Waals surface area contributed by atoms with Gasteiger partial charge in [-0.25, -0.2) is 0 Å². The lowest BCUT2D eigenvalue weighted by Crippen LogP contribution is -2.52. The van der Waals surface area contributed by atoms with Crippen LogP contribution in [-0.2, 0) is 4.79 Å². The Morgan fingerprint density at radius 3 is 2.67 bits per heavy atom. The van der Waals surface area contributed by atoms with E-state index in [2.05, 4.69) is 0 Å². The minimum atomic E-state index is -1.18. The molecule has 1 atom stereocenters. The van der Waals surface area contributed by atoms with Gasteiger partial charge in [-0.3, -0.25) is 4.79 Å². The number of piperidine rings is 1. The first-order chi connectivity index (χ1) is 8.50. The molecule has 0 unspecified atom stereocenters. The first-order valence-electron chi connectivity index (χ1n) is 6.09. The number of likely N-dealkylation sites (tertiary alicyclic amines) is 1. The quantitative estimate of drug-likeness (QED) is 0.772. The molecular weight excluding hydrogens is 234 g/mol. The smallest absolute Gasteiger partial charge is 0.257 e. The number of hydrogen-bond donors (Lipinski definition) is 0. The van der Waals surface area contributed by atoms with Crippen LogP contribution >= 0.6 is 0 Å². The molecule has 1 aliphatic rings. The van der Waals surface area contributed by atoms with Crippen LogP contribution in [0.25, 0.3) is 0 Å². The molecular formula is C13H16NO4-. The number of rotatable bonds is 2. The average molecular weight is 250 g/mol. The zero-order valence-electron chi connectivity index (χ0n) is 10.6. The molecule has 1 saturated heterocycles. The predicted molar refractivity (Wildman–Crippen MR) is 61.9 cm³/mol. The Morgan fingerprint density at radius 1 is 1.39 bits per heavy atom. The Labute approximate surface area is 105 Å². The molecule has 2 rings (SSSR count). The Morgan fingerprint density at radius 2 is 2.11 bits per heavy atom. The van der Waals surface area contributed by atoms with Gasteiger partial charge in [-0.05, 0) is 39.2 Å². The lowest BCUT2D eigenvalue weighted by molar-refractivity contribution is -0.311. The number of hydrogen-bond acceptors (Lipinski definition) is 4. The summed E-state index contributed by atoms with van der Waals surface area (Å²) in [5.74, 6) is -0.280. The van der Waals surface area contributed by atoms with E-state index in [1.54, 1.807) is 19.9 Å². The van der Waals surface area contributed by atoms with Crippen LogP contribution in [0, 0.1) is 13.8 Å². The van der Waals surface area contributed by atoms with Crippen LogP contribution in [0.15, 0.2) is 10.5 Å². The minimum absolute atomic E-state index is 0.279. The first kappa shape index (κ1) is 12.7. The highest BCUT2D eigenvalue weighted by Gasteiger charge is 2.30. The van der Waals surface area contributed by atoms with Crippen molar-refractivity contribution < 1.29 is 19.1 Å². The van der Waals surface area contributed by atoms with Gasteiger partial charge in [-0.2, -0.15) is 0 Å². The van der Waals surface area contributed by atoms with Crippen LogP contribution in [0.2, 0.25) is 0 Å². The van der Waals surface area contributed by atoms with Crippen molar-refractivity contribution in [2.45, 2.75) is 39.2 Å². The lowest BCUT2D eigenvalue weighted by atomic mass is 10.0. The van der Waals surface area contributed by atoms with E-state index in [4.69, 9.17) is 4.42 Å². The van der Waals surface area contributed by atoms with Crippen LogP contribution in [0.5, 0.6) is 0 Å². The van der Waals surface area contributed by atoms with E-state index < -0.39 is 12.0 Å². The molecule has 1 amide bonds. The average Bonchev–Trinajstić information content (AvgIpc) is 2.67. The van der Waals surface area contributed by atoms with E-state index in [1.165, 1.54) is 4.90 Å². The molecule has 1 aromatic heterocycles. The number of aryl methyl sites for hydroxylation is 2. The van der Waals surface area contributed by atoms with Gasteiger partial charge in [0.1, 0.15) is 11.5 Å². The van der Waals surface area contributed by atoms with Crippen LogP contribution < -0.4 is 5.11 Å². The van der Waals surface area contributed by atoms with Gasteiger partial charge in [0, 0.05) is 6.54 Å². The monoisotopic (exact) mass is 250 g/mol. The van der Waals surface area contributed by atoms with Gasteiger partial charge >= 0.3 is 0 Å². The number of nitrogens with zero attached hydrogens (tertiary/aromatic N) is 1. The summed E-state index contributed by atoms with van der Waals surface area (Å²) in [5, 5.41) is 11.1. The summed E-state index contributed by atoms with van der Waals surface area (Å²) < 4.78 is 5.31. The van der Waals surface area contributed by atoms with E-state index >= 15 is 0 Å². The minimum Gasteiger partial charge on any atom is -0.548 e. The molecule has 0 bridgehead atoms. The van der Waals surface area contributed by atoms with Crippen molar-refractivity contribution in [1.29, 1.82) is 0 Å². The van der Waals surface area contributed by atoms with Crippen LogP contribution in [0.4, 0.5) is 0 Å². The number of carbonyl (C=O) groups excluding carboxylic acids is 2. The largest absolute Gasteiger partial charge is 0.548 e. The molecule has 5 nitrogen and oxygen atoms in total. The molecule has 18 heavy (non-hydrogen) atoms. The van der Waals surface area contributed by atoms with Crippen molar-refractivity contribution in [3.05, 3.63) is 23.2 Å². The maximum atomic E-state index is 12.3. The normalized spacial score (nSPS) is 19.9. The third-order valence-electron chi connectivity index (χ3n) is 3.31. The Balaban J connectivity index is 2.26.